The molecule has 1 aliphatic heterocycles. The highest BCUT2D eigenvalue weighted by molar-refractivity contribution is 5.98. The molecule has 0 radical (unpaired) electrons. The predicted molar refractivity (Wildman–Crippen MR) is 89.5 cm³/mol. The van der Waals surface area contributed by atoms with Gasteiger partial charge in [-0.3, -0.25) is 9.59 Å². The van der Waals surface area contributed by atoms with E-state index in [4.69, 9.17) is 14.2 Å². The molecule has 0 N–H and O–H groups in total. The van der Waals surface area contributed by atoms with Crippen molar-refractivity contribution < 1.29 is 23.8 Å². The molecule has 1 fully saturated rings. The average Bonchev–Trinajstić information content (AvgIpc) is 2.61. The second-order valence-corrected chi connectivity index (χ2v) is 5.70. The van der Waals surface area contributed by atoms with Crippen molar-refractivity contribution in [2.75, 3.05) is 27.4 Å². The number of carbonyl (C=O) groups is 2. The van der Waals surface area contributed by atoms with E-state index in [1.807, 2.05) is 0 Å². The van der Waals surface area contributed by atoms with Crippen LogP contribution in [-0.4, -0.2) is 50.2 Å². The standard InChI is InChI=1S/C18H25NO5/c1-4-24-16(20)12-13-8-5-6-11-19(13)18(21)14-9-7-10-15(22-2)17(14)23-3/h7,9-10,13H,4-6,8,11-12H2,1-3H3/t13-/m1/s1. The van der Waals surface area contributed by atoms with Crippen molar-refractivity contribution in [2.24, 2.45) is 0 Å². The molecular formula is C18H25NO5. The van der Waals surface area contributed by atoms with E-state index in [0.29, 0.717) is 30.2 Å². The molecule has 132 valence electrons. The first-order valence-corrected chi connectivity index (χ1v) is 8.29. The molecule has 0 unspecified atom stereocenters. The fraction of sp³-hybridized carbons (Fsp3) is 0.556. The number of para-hydroxylation sites is 1. The van der Waals surface area contributed by atoms with Gasteiger partial charge in [0.25, 0.3) is 5.91 Å². The van der Waals surface area contributed by atoms with Crippen molar-refractivity contribution in [1.82, 2.24) is 4.90 Å². The molecule has 1 amide bonds. The number of amides is 1. The van der Waals surface area contributed by atoms with Crippen LogP contribution in [0.25, 0.3) is 0 Å². The maximum atomic E-state index is 13.0. The highest BCUT2D eigenvalue weighted by Crippen LogP contribution is 2.33. The minimum Gasteiger partial charge on any atom is -0.493 e. The maximum absolute atomic E-state index is 13.0. The van der Waals surface area contributed by atoms with Crippen LogP contribution < -0.4 is 9.47 Å². The zero-order valence-electron chi connectivity index (χ0n) is 14.5. The molecule has 24 heavy (non-hydrogen) atoms. The summed E-state index contributed by atoms with van der Waals surface area (Å²) >= 11 is 0. The summed E-state index contributed by atoms with van der Waals surface area (Å²) in [5.74, 6) is 0.535. The third kappa shape index (κ3) is 3.99. The van der Waals surface area contributed by atoms with E-state index in [-0.39, 0.29) is 24.3 Å². The van der Waals surface area contributed by atoms with Crippen LogP contribution >= 0.6 is 0 Å². The molecule has 1 aromatic carbocycles. The zero-order chi connectivity index (χ0) is 17.5. The van der Waals surface area contributed by atoms with E-state index in [1.54, 1.807) is 30.0 Å². The van der Waals surface area contributed by atoms with Crippen molar-refractivity contribution in [3.05, 3.63) is 23.8 Å². The molecule has 1 saturated heterocycles. The Kier molecular flexibility index (Phi) is 6.46. The number of piperidine rings is 1. The number of hydrogen-bond acceptors (Lipinski definition) is 5. The van der Waals surface area contributed by atoms with E-state index in [2.05, 4.69) is 0 Å². The number of ether oxygens (including phenoxy) is 3. The molecular weight excluding hydrogens is 310 g/mol. The Hall–Kier alpha value is -2.24. The van der Waals surface area contributed by atoms with Gasteiger partial charge in [0.1, 0.15) is 0 Å². The number of rotatable bonds is 6. The SMILES string of the molecule is CCOC(=O)C[C@H]1CCCCN1C(=O)c1cccc(OC)c1OC. The van der Waals surface area contributed by atoms with Crippen molar-refractivity contribution >= 4 is 11.9 Å². The lowest BCUT2D eigenvalue weighted by Crippen LogP contribution is -2.45. The van der Waals surface area contributed by atoms with E-state index in [0.717, 1.165) is 19.3 Å². The van der Waals surface area contributed by atoms with Crippen LogP contribution in [0.1, 0.15) is 43.0 Å². The molecule has 6 heteroatoms. The fourth-order valence-electron chi connectivity index (χ4n) is 3.10. The monoisotopic (exact) mass is 335 g/mol. The minimum atomic E-state index is -0.264. The maximum Gasteiger partial charge on any atom is 0.307 e. The van der Waals surface area contributed by atoms with E-state index in [1.165, 1.54) is 14.2 Å². The lowest BCUT2D eigenvalue weighted by atomic mass is 9.98. The Morgan fingerprint density at radius 1 is 1.21 bits per heavy atom. The lowest BCUT2D eigenvalue weighted by Gasteiger charge is -2.35. The summed E-state index contributed by atoms with van der Waals surface area (Å²) in [6.07, 6.45) is 2.96. The first kappa shape index (κ1) is 18.1. The smallest absolute Gasteiger partial charge is 0.307 e. The van der Waals surface area contributed by atoms with E-state index in [9.17, 15) is 9.59 Å². The van der Waals surface area contributed by atoms with Gasteiger partial charge in [0.2, 0.25) is 0 Å². The molecule has 0 bridgehead atoms. The van der Waals surface area contributed by atoms with Gasteiger partial charge in [0.15, 0.2) is 11.5 Å². The van der Waals surface area contributed by atoms with Crippen molar-refractivity contribution in [3.8, 4) is 11.5 Å². The molecule has 1 heterocycles. The summed E-state index contributed by atoms with van der Waals surface area (Å²) in [5.41, 5.74) is 0.451. The number of carbonyl (C=O) groups excluding carboxylic acids is 2. The van der Waals surface area contributed by atoms with Crippen LogP contribution in [0.3, 0.4) is 0 Å². The third-order valence-corrected chi connectivity index (χ3v) is 4.23. The second kappa shape index (κ2) is 8.57. The lowest BCUT2D eigenvalue weighted by molar-refractivity contribution is -0.144. The van der Waals surface area contributed by atoms with Gasteiger partial charge in [-0.05, 0) is 38.3 Å². The molecule has 0 spiro atoms. The average molecular weight is 335 g/mol. The van der Waals surface area contributed by atoms with Gasteiger partial charge in [-0.15, -0.1) is 0 Å². The van der Waals surface area contributed by atoms with Gasteiger partial charge < -0.3 is 19.1 Å². The van der Waals surface area contributed by atoms with Gasteiger partial charge in [-0.25, -0.2) is 0 Å². The Morgan fingerprint density at radius 2 is 2.00 bits per heavy atom. The summed E-state index contributed by atoms with van der Waals surface area (Å²) in [6.45, 7) is 2.76. The predicted octanol–water partition coefficient (Wildman–Crippen LogP) is 2.65. The fourth-order valence-corrected chi connectivity index (χ4v) is 3.10. The Morgan fingerprint density at radius 3 is 2.67 bits per heavy atom. The topological polar surface area (TPSA) is 65.1 Å². The van der Waals surface area contributed by atoms with Crippen LogP contribution in [0.4, 0.5) is 0 Å². The summed E-state index contributed by atoms with van der Waals surface area (Å²) in [5, 5.41) is 0. The molecule has 0 aliphatic carbocycles. The summed E-state index contributed by atoms with van der Waals surface area (Å²) in [7, 11) is 3.05. The molecule has 0 saturated carbocycles. The van der Waals surface area contributed by atoms with E-state index < -0.39 is 0 Å². The number of hydrogen-bond donors (Lipinski definition) is 0. The van der Waals surface area contributed by atoms with Crippen LogP contribution in [0.2, 0.25) is 0 Å². The molecule has 1 atom stereocenters. The second-order valence-electron chi connectivity index (χ2n) is 5.70. The van der Waals surface area contributed by atoms with Crippen LogP contribution in [0.5, 0.6) is 11.5 Å². The van der Waals surface area contributed by atoms with Crippen molar-refractivity contribution in [3.63, 3.8) is 0 Å². The van der Waals surface area contributed by atoms with Crippen LogP contribution in [0, 0.1) is 0 Å². The number of methoxy groups -OCH3 is 2. The highest BCUT2D eigenvalue weighted by Gasteiger charge is 2.31. The van der Waals surface area contributed by atoms with Gasteiger partial charge in [0, 0.05) is 12.6 Å². The first-order chi connectivity index (χ1) is 11.6. The Bertz CT molecular complexity index is 587. The summed E-state index contributed by atoms with van der Waals surface area (Å²) in [4.78, 5) is 26.6. The van der Waals surface area contributed by atoms with Crippen LogP contribution in [0.15, 0.2) is 18.2 Å². The van der Waals surface area contributed by atoms with Gasteiger partial charge >= 0.3 is 5.97 Å². The summed E-state index contributed by atoms with van der Waals surface area (Å²) < 4.78 is 15.7. The highest BCUT2D eigenvalue weighted by atomic mass is 16.5. The Balaban J connectivity index is 2.24. The zero-order valence-corrected chi connectivity index (χ0v) is 14.5. The van der Waals surface area contributed by atoms with Crippen molar-refractivity contribution in [2.45, 2.75) is 38.6 Å². The number of likely N-dealkylation sites (tertiary alicyclic amines) is 1. The van der Waals surface area contributed by atoms with Gasteiger partial charge in [-0.2, -0.15) is 0 Å². The number of esters is 1. The van der Waals surface area contributed by atoms with Gasteiger partial charge in [-0.1, -0.05) is 6.07 Å². The minimum absolute atomic E-state index is 0.138. The van der Waals surface area contributed by atoms with Gasteiger partial charge in [0.05, 0.1) is 32.8 Å². The molecule has 6 nitrogen and oxygen atoms in total. The first-order valence-electron chi connectivity index (χ1n) is 8.29. The molecule has 0 aromatic heterocycles. The Labute approximate surface area is 142 Å². The normalized spacial score (nSPS) is 17.3. The molecule has 1 aliphatic rings. The van der Waals surface area contributed by atoms with E-state index >= 15 is 0 Å². The molecule has 1 aromatic rings. The molecule has 2 rings (SSSR count). The number of nitrogens with zero attached hydrogens (tertiary/aromatic N) is 1. The van der Waals surface area contributed by atoms with Crippen molar-refractivity contribution in [1.29, 1.82) is 0 Å². The summed E-state index contributed by atoms with van der Waals surface area (Å²) in [6, 6.07) is 5.10. The largest absolute Gasteiger partial charge is 0.493 e. The number of benzene rings is 1. The third-order valence-electron chi connectivity index (χ3n) is 4.23. The quantitative estimate of drug-likeness (QED) is 0.748. The van der Waals surface area contributed by atoms with Crippen LogP contribution in [-0.2, 0) is 9.53 Å².